The van der Waals surface area contributed by atoms with Gasteiger partial charge in [0, 0.05) is 0 Å². The van der Waals surface area contributed by atoms with Crippen LogP contribution in [0.15, 0.2) is 24.3 Å². The van der Waals surface area contributed by atoms with Crippen LogP contribution >= 0.6 is 0 Å². The van der Waals surface area contributed by atoms with Crippen LogP contribution in [0.3, 0.4) is 0 Å². The SMILES string of the molecule is CCCCCc1[c-]cccc1.[Li+]. The van der Waals surface area contributed by atoms with E-state index < -0.39 is 0 Å². The number of hydrogen-bond acceptors (Lipinski definition) is 0. The van der Waals surface area contributed by atoms with Gasteiger partial charge in [0.1, 0.15) is 0 Å². The normalized spacial score (nSPS) is 9.08. The zero-order valence-electron chi connectivity index (χ0n) is 8.14. The predicted octanol–water partition coefficient (Wildman–Crippen LogP) is 0.223. The Balaban J connectivity index is 0.00000121. The molecule has 0 nitrogen and oxygen atoms in total. The van der Waals surface area contributed by atoms with Gasteiger partial charge in [0.25, 0.3) is 0 Å². The first kappa shape index (κ1) is 11.8. The molecule has 0 unspecified atom stereocenters. The molecule has 0 radical (unpaired) electrons. The maximum absolute atomic E-state index is 3.23. The van der Waals surface area contributed by atoms with Gasteiger partial charge >= 0.3 is 18.9 Å². The van der Waals surface area contributed by atoms with E-state index in [-0.39, 0.29) is 18.9 Å². The average Bonchev–Trinajstić information content (AvgIpc) is 2.07. The molecule has 0 aromatic heterocycles. The van der Waals surface area contributed by atoms with Crippen molar-refractivity contribution in [3.05, 3.63) is 35.9 Å². The quantitative estimate of drug-likeness (QED) is 0.331. The van der Waals surface area contributed by atoms with Crippen LogP contribution in [-0.2, 0) is 6.42 Å². The van der Waals surface area contributed by atoms with Gasteiger partial charge in [0.2, 0.25) is 0 Å². The number of unbranched alkanes of at least 4 members (excludes halogenated alkanes) is 2. The molecule has 0 bridgehead atoms. The smallest absolute Gasteiger partial charge is 0.180 e. The van der Waals surface area contributed by atoms with E-state index in [1.54, 1.807) is 0 Å². The molecule has 1 heteroatoms. The van der Waals surface area contributed by atoms with Gasteiger partial charge < -0.3 is 0 Å². The Bertz CT molecular complexity index is 181. The van der Waals surface area contributed by atoms with Gasteiger partial charge in [-0.25, -0.2) is 0 Å². The zero-order valence-corrected chi connectivity index (χ0v) is 8.14. The van der Waals surface area contributed by atoms with Crippen LogP contribution in [0.25, 0.3) is 0 Å². The number of aryl methyl sites for hydroxylation is 1. The van der Waals surface area contributed by atoms with Gasteiger partial charge in [0.15, 0.2) is 0 Å². The second kappa shape index (κ2) is 7.47. The van der Waals surface area contributed by atoms with Gasteiger partial charge in [-0.3, -0.25) is 0 Å². The minimum absolute atomic E-state index is 0. The molecule has 0 heterocycles. The van der Waals surface area contributed by atoms with Gasteiger partial charge in [-0.05, 0) is 0 Å². The maximum Gasteiger partial charge on any atom is 1.00 e. The molecule has 0 spiro atoms. The summed E-state index contributed by atoms with van der Waals surface area (Å²) in [6.07, 6.45) is 5.13. The Hall–Kier alpha value is -0.183. The molecule has 0 aliphatic heterocycles. The molecule has 0 saturated carbocycles. The molecular formula is C11H15Li. The standard InChI is InChI=1S/C11H15.Li/c1-2-3-5-8-11-9-6-4-7-10-11;/h4,6-7,9H,2-3,5,8H2,1H3;/q-1;+1. The van der Waals surface area contributed by atoms with E-state index in [0.29, 0.717) is 0 Å². The molecule has 1 aromatic rings. The van der Waals surface area contributed by atoms with Crippen LogP contribution in [0, 0.1) is 6.07 Å². The van der Waals surface area contributed by atoms with Gasteiger partial charge in [0.05, 0.1) is 0 Å². The van der Waals surface area contributed by atoms with Crippen molar-refractivity contribution >= 4 is 0 Å². The second-order valence-electron chi connectivity index (χ2n) is 2.84. The van der Waals surface area contributed by atoms with Crippen LogP contribution < -0.4 is 18.9 Å². The Labute approximate surface area is 87.6 Å². The summed E-state index contributed by atoms with van der Waals surface area (Å²) in [7, 11) is 0. The van der Waals surface area contributed by atoms with E-state index in [1.165, 1.54) is 31.2 Å². The fourth-order valence-corrected chi connectivity index (χ4v) is 1.15. The van der Waals surface area contributed by atoms with E-state index in [1.807, 2.05) is 12.1 Å². The summed E-state index contributed by atoms with van der Waals surface area (Å²) in [6, 6.07) is 11.5. The van der Waals surface area contributed by atoms with Gasteiger partial charge in [-0.15, -0.1) is 0 Å². The molecule has 0 atom stereocenters. The van der Waals surface area contributed by atoms with Crippen molar-refractivity contribution in [2.24, 2.45) is 0 Å². The predicted molar refractivity (Wildman–Crippen MR) is 48.5 cm³/mol. The Morgan fingerprint density at radius 2 is 2.08 bits per heavy atom. The molecule has 12 heavy (non-hydrogen) atoms. The van der Waals surface area contributed by atoms with Crippen molar-refractivity contribution in [2.45, 2.75) is 32.6 Å². The largest absolute Gasteiger partial charge is 1.00 e. The molecule has 0 amide bonds. The summed E-state index contributed by atoms with van der Waals surface area (Å²) in [4.78, 5) is 0. The third kappa shape index (κ3) is 4.65. The summed E-state index contributed by atoms with van der Waals surface area (Å²) in [5, 5.41) is 0. The third-order valence-electron chi connectivity index (χ3n) is 1.82. The summed E-state index contributed by atoms with van der Waals surface area (Å²) in [6.45, 7) is 2.23. The molecule has 1 aromatic carbocycles. The molecule has 1 rings (SSSR count). The first-order valence-electron chi connectivity index (χ1n) is 4.39. The van der Waals surface area contributed by atoms with Crippen LogP contribution in [0.2, 0.25) is 0 Å². The second-order valence-corrected chi connectivity index (χ2v) is 2.84. The Morgan fingerprint density at radius 3 is 2.67 bits per heavy atom. The number of rotatable bonds is 4. The molecule has 0 N–H and O–H groups in total. The first-order chi connectivity index (χ1) is 5.43. The molecule has 0 fully saturated rings. The Kier molecular flexibility index (Phi) is 7.35. The van der Waals surface area contributed by atoms with Crippen LogP contribution in [0.1, 0.15) is 31.7 Å². The van der Waals surface area contributed by atoms with E-state index >= 15 is 0 Å². The first-order valence-corrected chi connectivity index (χ1v) is 4.39. The van der Waals surface area contributed by atoms with Crippen LogP contribution in [0.5, 0.6) is 0 Å². The van der Waals surface area contributed by atoms with Crippen LogP contribution in [0.4, 0.5) is 0 Å². The maximum atomic E-state index is 3.23. The molecule has 0 saturated heterocycles. The fourth-order valence-electron chi connectivity index (χ4n) is 1.15. The minimum Gasteiger partial charge on any atom is -0.180 e. The van der Waals surface area contributed by atoms with E-state index in [9.17, 15) is 0 Å². The summed E-state index contributed by atoms with van der Waals surface area (Å²) in [5.41, 5.74) is 1.35. The fraction of sp³-hybridized carbons (Fsp3) is 0.455. The van der Waals surface area contributed by atoms with Crippen LogP contribution in [-0.4, -0.2) is 0 Å². The topological polar surface area (TPSA) is 0 Å². The molecule has 60 valence electrons. The Morgan fingerprint density at radius 1 is 1.25 bits per heavy atom. The molecule has 0 aliphatic carbocycles. The van der Waals surface area contributed by atoms with Crippen molar-refractivity contribution in [3.63, 3.8) is 0 Å². The van der Waals surface area contributed by atoms with Gasteiger partial charge in [-0.1, -0.05) is 32.6 Å². The summed E-state index contributed by atoms with van der Waals surface area (Å²) < 4.78 is 0. The number of hydrogen-bond donors (Lipinski definition) is 0. The van der Waals surface area contributed by atoms with Crippen molar-refractivity contribution in [2.75, 3.05) is 0 Å². The minimum atomic E-state index is 0. The van der Waals surface area contributed by atoms with Crippen molar-refractivity contribution < 1.29 is 18.9 Å². The van der Waals surface area contributed by atoms with Crippen molar-refractivity contribution in [3.8, 4) is 0 Å². The van der Waals surface area contributed by atoms with E-state index in [0.717, 1.165) is 0 Å². The summed E-state index contributed by atoms with van der Waals surface area (Å²) >= 11 is 0. The number of benzene rings is 1. The third-order valence-corrected chi connectivity index (χ3v) is 1.82. The molecular weight excluding hydrogens is 139 g/mol. The van der Waals surface area contributed by atoms with Gasteiger partial charge in [-0.2, -0.15) is 35.9 Å². The zero-order chi connectivity index (χ0) is 7.94. The monoisotopic (exact) mass is 154 g/mol. The summed E-state index contributed by atoms with van der Waals surface area (Å²) in [5.74, 6) is 0. The molecule has 0 aliphatic rings. The van der Waals surface area contributed by atoms with E-state index in [2.05, 4.69) is 25.1 Å². The average molecular weight is 154 g/mol. The van der Waals surface area contributed by atoms with Crippen molar-refractivity contribution in [1.82, 2.24) is 0 Å². The van der Waals surface area contributed by atoms with E-state index in [4.69, 9.17) is 0 Å². The van der Waals surface area contributed by atoms with Crippen molar-refractivity contribution in [1.29, 1.82) is 0 Å².